The van der Waals surface area contributed by atoms with E-state index in [2.05, 4.69) is 10.6 Å². The smallest absolute Gasteiger partial charge is 0.250 e. The Hall–Kier alpha value is -1.55. The normalized spacial score (nSPS) is 13.1. The Labute approximate surface area is 88.6 Å². The number of nitrogens with one attached hydrogen (secondary N) is 2. The van der Waals surface area contributed by atoms with Gasteiger partial charge < -0.3 is 15.4 Å². The maximum atomic E-state index is 11.3. The lowest BCUT2D eigenvalue weighted by molar-refractivity contribution is -0.119. The predicted octanol–water partition coefficient (Wildman–Crippen LogP) is 1.24. The number of carbonyl (C=O) groups excluding carboxylic acids is 1. The average molecular weight is 206 g/mol. The molecule has 1 aliphatic rings. The first-order valence-corrected chi connectivity index (χ1v) is 4.95. The summed E-state index contributed by atoms with van der Waals surface area (Å²) in [5.74, 6) is -0.122. The summed E-state index contributed by atoms with van der Waals surface area (Å²) in [6, 6.07) is 5.89. The fourth-order valence-electron chi connectivity index (χ4n) is 1.71. The molecule has 0 radical (unpaired) electrons. The number of rotatable bonds is 3. The highest BCUT2D eigenvalue weighted by Gasteiger charge is 2.10. The molecule has 80 valence electrons. The summed E-state index contributed by atoms with van der Waals surface area (Å²) in [5.41, 5.74) is 3.25. The number of carbonyl (C=O) groups is 1. The number of ether oxygens (including phenoxy) is 1. The zero-order valence-electron chi connectivity index (χ0n) is 8.67. The van der Waals surface area contributed by atoms with Gasteiger partial charge in [-0.15, -0.1) is 0 Å². The van der Waals surface area contributed by atoms with Crippen molar-refractivity contribution in [3.05, 3.63) is 23.8 Å². The van der Waals surface area contributed by atoms with E-state index in [1.54, 1.807) is 0 Å². The highest BCUT2D eigenvalue weighted by molar-refractivity contribution is 5.92. The quantitative estimate of drug-likeness (QED) is 0.782. The SMILES string of the molecule is COCC(=O)Nc1ccc2c(c1)CCN2. The Morgan fingerprint density at radius 2 is 2.47 bits per heavy atom. The Balaban J connectivity index is 2.06. The van der Waals surface area contributed by atoms with Gasteiger partial charge in [-0.25, -0.2) is 0 Å². The Bertz CT molecular complexity index is 377. The number of anilines is 2. The van der Waals surface area contributed by atoms with Crippen LogP contribution in [0.2, 0.25) is 0 Å². The first-order chi connectivity index (χ1) is 7.29. The molecule has 0 fully saturated rings. The minimum atomic E-state index is -0.122. The van der Waals surface area contributed by atoms with Crippen LogP contribution in [0.4, 0.5) is 11.4 Å². The van der Waals surface area contributed by atoms with Crippen LogP contribution in [-0.2, 0) is 16.0 Å². The van der Waals surface area contributed by atoms with Gasteiger partial charge in [0.1, 0.15) is 6.61 Å². The maximum Gasteiger partial charge on any atom is 0.250 e. The zero-order chi connectivity index (χ0) is 10.7. The summed E-state index contributed by atoms with van der Waals surface area (Å²) in [5, 5.41) is 6.05. The van der Waals surface area contributed by atoms with E-state index in [9.17, 15) is 4.79 Å². The number of methoxy groups -OCH3 is 1. The van der Waals surface area contributed by atoms with Crippen molar-refractivity contribution in [2.24, 2.45) is 0 Å². The first kappa shape index (κ1) is 9.98. The molecular formula is C11H14N2O2. The topological polar surface area (TPSA) is 50.4 Å². The Kier molecular flexibility index (Phi) is 2.87. The van der Waals surface area contributed by atoms with Crippen LogP contribution >= 0.6 is 0 Å². The average Bonchev–Trinajstić information content (AvgIpc) is 2.65. The van der Waals surface area contributed by atoms with E-state index in [-0.39, 0.29) is 12.5 Å². The van der Waals surface area contributed by atoms with Crippen LogP contribution in [0.15, 0.2) is 18.2 Å². The highest BCUT2D eigenvalue weighted by atomic mass is 16.5. The van der Waals surface area contributed by atoms with E-state index in [0.29, 0.717) is 0 Å². The summed E-state index contributed by atoms with van der Waals surface area (Å²) in [6.45, 7) is 1.07. The fourth-order valence-corrected chi connectivity index (χ4v) is 1.71. The van der Waals surface area contributed by atoms with Crippen LogP contribution in [0, 0.1) is 0 Å². The van der Waals surface area contributed by atoms with Gasteiger partial charge in [0.05, 0.1) is 0 Å². The lowest BCUT2D eigenvalue weighted by Crippen LogP contribution is -2.17. The van der Waals surface area contributed by atoms with Crippen LogP contribution in [0.25, 0.3) is 0 Å². The molecular weight excluding hydrogens is 192 g/mol. The third kappa shape index (κ3) is 2.27. The minimum Gasteiger partial charge on any atom is -0.384 e. The lowest BCUT2D eigenvalue weighted by atomic mass is 10.1. The number of benzene rings is 1. The van der Waals surface area contributed by atoms with Gasteiger partial charge in [-0.1, -0.05) is 0 Å². The third-order valence-corrected chi connectivity index (χ3v) is 2.37. The van der Waals surface area contributed by atoms with E-state index < -0.39 is 0 Å². The molecule has 0 aliphatic carbocycles. The van der Waals surface area contributed by atoms with Gasteiger partial charge >= 0.3 is 0 Å². The summed E-state index contributed by atoms with van der Waals surface area (Å²) >= 11 is 0. The second-order valence-corrected chi connectivity index (χ2v) is 3.53. The van der Waals surface area contributed by atoms with E-state index in [1.807, 2.05) is 18.2 Å². The van der Waals surface area contributed by atoms with Crippen molar-refractivity contribution in [2.75, 3.05) is 30.9 Å². The van der Waals surface area contributed by atoms with Gasteiger partial charge in [0.2, 0.25) is 5.91 Å². The van der Waals surface area contributed by atoms with Gasteiger partial charge in [-0.2, -0.15) is 0 Å². The molecule has 0 atom stereocenters. The summed E-state index contributed by atoms with van der Waals surface area (Å²) < 4.78 is 4.74. The van der Waals surface area contributed by atoms with Gasteiger partial charge in [-0.3, -0.25) is 4.79 Å². The summed E-state index contributed by atoms with van der Waals surface area (Å²) in [4.78, 5) is 11.3. The molecule has 1 aliphatic heterocycles. The van der Waals surface area contributed by atoms with E-state index >= 15 is 0 Å². The molecule has 2 N–H and O–H groups in total. The van der Waals surface area contributed by atoms with Crippen molar-refractivity contribution in [1.29, 1.82) is 0 Å². The van der Waals surface area contributed by atoms with Gasteiger partial charge in [0.25, 0.3) is 0 Å². The van der Waals surface area contributed by atoms with Crippen molar-refractivity contribution in [1.82, 2.24) is 0 Å². The fraction of sp³-hybridized carbons (Fsp3) is 0.364. The van der Waals surface area contributed by atoms with Crippen LogP contribution in [-0.4, -0.2) is 26.2 Å². The lowest BCUT2D eigenvalue weighted by Gasteiger charge is -2.06. The molecule has 1 aromatic carbocycles. The van der Waals surface area contributed by atoms with E-state index in [0.717, 1.165) is 18.7 Å². The van der Waals surface area contributed by atoms with Crippen molar-refractivity contribution >= 4 is 17.3 Å². The zero-order valence-corrected chi connectivity index (χ0v) is 8.67. The molecule has 1 heterocycles. The number of fused-ring (bicyclic) bond motifs is 1. The van der Waals surface area contributed by atoms with Gasteiger partial charge in [0, 0.05) is 25.0 Å². The third-order valence-electron chi connectivity index (χ3n) is 2.37. The second-order valence-electron chi connectivity index (χ2n) is 3.53. The van der Waals surface area contributed by atoms with Crippen LogP contribution in [0.1, 0.15) is 5.56 Å². The summed E-state index contributed by atoms with van der Waals surface area (Å²) in [6.07, 6.45) is 1.02. The van der Waals surface area contributed by atoms with Gasteiger partial charge in [0.15, 0.2) is 0 Å². The van der Waals surface area contributed by atoms with Crippen molar-refractivity contribution in [2.45, 2.75) is 6.42 Å². The standard InChI is InChI=1S/C11H14N2O2/c1-15-7-11(14)13-9-2-3-10-8(6-9)4-5-12-10/h2-3,6,12H,4-5,7H2,1H3,(H,13,14). The monoisotopic (exact) mass is 206 g/mol. The molecule has 2 rings (SSSR count). The Morgan fingerprint density at radius 3 is 3.27 bits per heavy atom. The number of hydrogen-bond donors (Lipinski definition) is 2. The Morgan fingerprint density at radius 1 is 1.60 bits per heavy atom. The maximum absolute atomic E-state index is 11.3. The molecule has 0 unspecified atom stereocenters. The predicted molar refractivity (Wildman–Crippen MR) is 59.1 cm³/mol. The molecule has 4 nitrogen and oxygen atoms in total. The number of amides is 1. The van der Waals surface area contributed by atoms with E-state index in [4.69, 9.17) is 4.74 Å². The second kappa shape index (κ2) is 4.31. The highest BCUT2D eigenvalue weighted by Crippen LogP contribution is 2.25. The molecule has 0 aromatic heterocycles. The molecule has 0 saturated heterocycles. The molecule has 4 heteroatoms. The number of hydrogen-bond acceptors (Lipinski definition) is 3. The molecule has 1 aromatic rings. The van der Waals surface area contributed by atoms with Crippen molar-refractivity contribution < 1.29 is 9.53 Å². The van der Waals surface area contributed by atoms with Gasteiger partial charge in [-0.05, 0) is 30.2 Å². The minimum absolute atomic E-state index is 0.0926. The largest absolute Gasteiger partial charge is 0.384 e. The van der Waals surface area contributed by atoms with Crippen molar-refractivity contribution in [3.63, 3.8) is 0 Å². The molecule has 0 spiro atoms. The summed E-state index contributed by atoms with van der Waals surface area (Å²) in [7, 11) is 1.51. The molecule has 0 bridgehead atoms. The van der Waals surface area contributed by atoms with E-state index in [1.165, 1.54) is 18.4 Å². The van der Waals surface area contributed by atoms with Crippen LogP contribution < -0.4 is 10.6 Å². The first-order valence-electron chi connectivity index (χ1n) is 4.95. The van der Waals surface area contributed by atoms with Crippen LogP contribution in [0.3, 0.4) is 0 Å². The van der Waals surface area contributed by atoms with Crippen LogP contribution in [0.5, 0.6) is 0 Å². The molecule has 15 heavy (non-hydrogen) atoms. The van der Waals surface area contributed by atoms with Crippen molar-refractivity contribution in [3.8, 4) is 0 Å². The molecule has 1 amide bonds. The molecule has 0 saturated carbocycles.